The zero-order valence-electron chi connectivity index (χ0n) is 19.4. The number of fused-ring (bicyclic) bond motifs is 1. The topological polar surface area (TPSA) is 118 Å². The molecule has 7 heteroatoms. The molecule has 7 nitrogen and oxygen atoms in total. The number of nitrogens with two attached hydrogens (primary N) is 1. The van der Waals surface area contributed by atoms with Crippen molar-refractivity contribution in [2.45, 2.75) is 63.9 Å². The Morgan fingerprint density at radius 3 is 2.30 bits per heavy atom. The summed E-state index contributed by atoms with van der Waals surface area (Å²) in [5.74, 6) is 0.686. The molecule has 180 valence electrons. The molecular weight excluding hydrogens is 420 g/mol. The summed E-state index contributed by atoms with van der Waals surface area (Å²) in [5, 5.41) is 30.6. The van der Waals surface area contributed by atoms with Crippen LogP contribution in [0.2, 0.25) is 0 Å². The SMILES string of the molecule is COc1ccc(C2CC(=NCCCCCCCCCCN)c3c(O)cc(O)cc3O2)cc1O. The highest BCUT2D eigenvalue weighted by molar-refractivity contribution is 6.06. The summed E-state index contributed by atoms with van der Waals surface area (Å²) in [6.07, 6.45) is 9.44. The molecule has 0 aromatic heterocycles. The smallest absolute Gasteiger partial charge is 0.160 e. The average Bonchev–Trinajstić information content (AvgIpc) is 2.79. The van der Waals surface area contributed by atoms with Crippen LogP contribution in [0.25, 0.3) is 0 Å². The summed E-state index contributed by atoms with van der Waals surface area (Å²) < 4.78 is 11.2. The van der Waals surface area contributed by atoms with Gasteiger partial charge >= 0.3 is 0 Å². The molecule has 1 heterocycles. The highest BCUT2D eigenvalue weighted by Gasteiger charge is 2.29. The van der Waals surface area contributed by atoms with Gasteiger partial charge in [0.25, 0.3) is 0 Å². The van der Waals surface area contributed by atoms with Gasteiger partial charge in [0.2, 0.25) is 0 Å². The predicted octanol–water partition coefficient (Wildman–Crippen LogP) is 5.20. The summed E-state index contributed by atoms with van der Waals surface area (Å²) in [6.45, 7) is 1.45. The third-order valence-corrected chi connectivity index (χ3v) is 5.99. The highest BCUT2D eigenvalue weighted by atomic mass is 16.5. The van der Waals surface area contributed by atoms with E-state index in [0.29, 0.717) is 30.0 Å². The second-order valence-electron chi connectivity index (χ2n) is 8.53. The number of nitrogens with zero attached hydrogens (tertiary/aromatic N) is 1. The zero-order chi connectivity index (χ0) is 23.6. The normalized spacial score (nSPS) is 16.4. The van der Waals surface area contributed by atoms with Crippen molar-refractivity contribution in [2.75, 3.05) is 20.2 Å². The van der Waals surface area contributed by atoms with Gasteiger partial charge in [-0.05, 0) is 37.1 Å². The first-order valence-electron chi connectivity index (χ1n) is 11.9. The molecule has 3 rings (SSSR count). The second kappa shape index (κ2) is 12.3. The van der Waals surface area contributed by atoms with Crippen LogP contribution in [0, 0.1) is 0 Å². The quantitative estimate of drug-likeness (QED) is 0.326. The van der Waals surface area contributed by atoms with Crippen molar-refractivity contribution in [1.82, 2.24) is 0 Å². The number of hydrogen-bond donors (Lipinski definition) is 4. The summed E-state index contributed by atoms with van der Waals surface area (Å²) in [5.41, 5.74) is 7.57. The van der Waals surface area contributed by atoms with E-state index >= 15 is 0 Å². The van der Waals surface area contributed by atoms with E-state index in [9.17, 15) is 15.3 Å². The number of ether oxygens (including phenoxy) is 2. The van der Waals surface area contributed by atoms with Gasteiger partial charge in [0.1, 0.15) is 23.4 Å². The van der Waals surface area contributed by atoms with Crippen molar-refractivity contribution in [3.63, 3.8) is 0 Å². The van der Waals surface area contributed by atoms with E-state index in [1.807, 2.05) is 6.07 Å². The van der Waals surface area contributed by atoms with Gasteiger partial charge in [-0.25, -0.2) is 0 Å². The first-order valence-corrected chi connectivity index (χ1v) is 11.9. The lowest BCUT2D eigenvalue weighted by molar-refractivity contribution is 0.203. The van der Waals surface area contributed by atoms with Crippen LogP contribution in [0.15, 0.2) is 35.3 Å². The maximum absolute atomic E-state index is 10.5. The monoisotopic (exact) mass is 456 g/mol. The van der Waals surface area contributed by atoms with E-state index in [1.165, 1.54) is 51.3 Å². The maximum Gasteiger partial charge on any atom is 0.160 e. The summed E-state index contributed by atoms with van der Waals surface area (Å²) in [6, 6.07) is 7.94. The molecule has 1 unspecified atom stereocenters. The minimum atomic E-state index is -0.400. The van der Waals surface area contributed by atoms with Crippen molar-refractivity contribution >= 4 is 5.71 Å². The van der Waals surface area contributed by atoms with Crippen molar-refractivity contribution in [1.29, 1.82) is 0 Å². The molecule has 2 aromatic carbocycles. The number of phenolic OH excluding ortho intramolecular Hbond substituents is 3. The number of aromatic hydroxyl groups is 3. The van der Waals surface area contributed by atoms with Crippen LogP contribution >= 0.6 is 0 Å². The molecule has 5 N–H and O–H groups in total. The van der Waals surface area contributed by atoms with Crippen LogP contribution in [0.5, 0.6) is 28.7 Å². The number of benzene rings is 2. The first-order chi connectivity index (χ1) is 16.0. The van der Waals surface area contributed by atoms with Crippen LogP contribution in [-0.4, -0.2) is 41.2 Å². The van der Waals surface area contributed by atoms with Crippen LogP contribution in [0.4, 0.5) is 0 Å². The van der Waals surface area contributed by atoms with E-state index in [1.54, 1.807) is 12.1 Å². The van der Waals surface area contributed by atoms with E-state index in [-0.39, 0.29) is 17.2 Å². The van der Waals surface area contributed by atoms with Crippen molar-refractivity contribution in [3.05, 3.63) is 41.5 Å². The van der Waals surface area contributed by atoms with Gasteiger partial charge in [-0.2, -0.15) is 0 Å². The van der Waals surface area contributed by atoms with Crippen molar-refractivity contribution in [3.8, 4) is 28.7 Å². The molecule has 1 atom stereocenters. The number of rotatable bonds is 12. The van der Waals surface area contributed by atoms with Crippen molar-refractivity contribution in [2.24, 2.45) is 10.7 Å². The van der Waals surface area contributed by atoms with E-state index < -0.39 is 6.10 Å². The second-order valence-corrected chi connectivity index (χ2v) is 8.53. The van der Waals surface area contributed by atoms with Crippen LogP contribution in [0.1, 0.15) is 75.0 Å². The molecule has 0 spiro atoms. The molecule has 0 amide bonds. The van der Waals surface area contributed by atoms with Gasteiger partial charge in [-0.15, -0.1) is 0 Å². The van der Waals surface area contributed by atoms with Crippen LogP contribution < -0.4 is 15.2 Å². The molecule has 1 aliphatic rings. The predicted molar refractivity (Wildman–Crippen MR) is 130 cm³/mol. The van der Waals surface area contributed by atoms with E-state index in [2.05, 4.69) is 0 Å². The van der Waals surface area contributed by atoms with Crippen LogP contribution in [0.3, 0.4) is 0 Å². The van der Waals surface area contributed by atoms with Gasteiger partial charge in [0, 0.05) is 25.1 Å². The number of methoxy groups -OCH3 is 1. The van der Waals surface area contributed by atoms with Gasteiger partial charge in [0.15, 0.2) is 11.5 Å². The third-order valence-electron chi connectivity index (χ3n) is 5.99. The fraction of sp³-hybridized carbons (Fsp3) is 0.500. The molecule has 0 saturated heterocycles. The summed E-state index contributed by atoms with van der Waals surface area (Å²) in [4.78, 5) is 4.80. The molecule has 33 heavy (non-hydrogen) atoms. The molecular formula is C26H36N2O5. The summed E-state index contributed by atoms with van der Waals surface area (Å²) in [7, 11) is 1.50. The molecule has 1 aliphatic heterocycles. The van der Waals surface area contributed by atoms with E-state index in [0.717, 1.165) is 37.1 Å². The lowest BCUT2D eigenvalue weighted by Crippen LogP contribution is -2.21. The summed E-state index contributed by atoms with van der Waals surface area (Å²) >= 11 is 0. The highest BCUT2D eigenvalue weighted by Crippen LogP contribution is 2.43. The molecule has 0 bridgehead atoms. The van der Waals surface area contributed by atoms with Gasteiger partial charge < -0.3 is 30.5 Å². The first kappa shape index (κ1) is 24.7. The molecule has 0 radical (unpaired) electrons. The third kappa shape index (κ3) is 6.78. The lowest BCUT2D eigenvalue weighted by Gasteiger charge is -2.28. The van der Waals surface area contributed by atoms with Gasteiger partial charge in [0.05, 0.1) is 18.4 Å². The Morgan fingerprint density at radius 2 is 1.64 bits per heavy atom. The Kier molecular flexibility index (Phi) is 9.24. The number of hydrogen-bond acceptors (Lipinski definition) is 7. The lowest BCUT2D eigenvalue weighted by atomic mass is 9.94. The van der Waals surface area contributed by atoms with E-state index in [4.69, 9.17) is 20.2 Å². The fourth-order valence-corrected chi connectivity index (χ4v) is 4.21. The van der Waals surface area contributed by atoms with Gasteiger partial charge in [-0.3, -0.25) is 4.99 Å². The van der Waals surface area contributed by atoms with Crippen LogP contribution in [-0.2, 0) is 0 Å². The molecule has 0 aliphatic carbocycles. The largest absolute Gasteiger partial charge is 0.508 e. The number of unbranched alkanes of at least 4 members (excludes halogenated alkanes) is 7. The van der Waals surface area contributed by atoms with Gasteiger partial charge in [-0.1, -0.05) is 44.6 Å². The minimum Gasteiger partial charge on any atom is -0.508 e. The fourth-order valence-electron chi connectivity index (χ4n) is 4.21. The van der Waals surface area contributed by atoms with Crippen molar-refractivity contribution < 1.29 is 24.8 Å². The molecule has 0 fully saturated rings. The maximum atomic E-state index is 10.5. The minimum absolute atomic E-state index is 0.0321. The number of aliphatic imine (C=N–C) groups is 1. The Labute approximate surface area is 195 Å². The Morgan fingerprint density at radius 1 is 0.939 bits per heavy atom. The molecule has 2 aromatic rings. The number of phenols is 3. The Hall–Kier alpha value is -2.93. The zero-order valence-corrected chi connectivity index (χ0v) is 19.4. The average molecular weight is 457 g/mol. The Bertz CT molecular complexity index is 945. The molecule has 0 saturated carbocycles. The standard InChI is InChI=1S/C26H36N2O5/c1-32-23-11-10-18(14-21(23)30)24-17-20(26-22(31)15-19(29)16-25(26)33-24)28-13-9-7-5-3-2-4-6-8-12-27/h10-11,14-16,24,29-31H,2-9,12-13,17,27H2,1H3. The Balaban J connectivity index is 1.65.